The minimum Gasteiger partial charge on any atom is -0.352 e. The zero-order valence-corrected chi connectivity index (χ0v) is 9.67. The van der Waals surface area contributed by atoms with Gasteiger partial charge in [-0.3, -0.25) is 0 Å². The Balaban J connectivity index is 2.13. The Hall–Kier alpha value is -1.72. The van der Waals surface area contributed by atoms with E-state index in [4.69, 9.17) is 16.9 Å². The van der Waals surface area contributed by atoms with E-state index >= 15 is 0 Å². The van der Waals surface area contributed by atoms with Crippen LogP contribution in [0.25, 0.3) is 0 Å². The largest absolute Gasteiger partial charge is 0.352 e. The van der Waals surface area contributed by atoms with Crippen molar-refractivity contribution in [2.45, 2.75) is 13.0 Å². The van der Waals surface area contributed by atoms with Gasteiger partial charge in [0.1, 0.15) is 10.9 Å². The Morgan fingerprint density at radius 3 is 3.00 bits per heavy atom. The molecule has 0 bridgehead atoms. The highest BCUT2D eigenvalue weighted by Crippen LogP contribution is 2.27. The van der Waals surface area contributed by atoms with Gasteiger partial charge in [0, 0.05) is 0 Å². The highest BCUT2D eigenvalue weighted by molar-refractivity contribution is 7.16. The van der Waals surface area contributed by atoms with Gasteiger partial charge in [-0.1, -0.05) is 28.2 Å². The molecule has 0 radical (unpaired) electrons. The number of aromatic amines is 1. The molecule has 2 heterocycles. The van der Waals surface area contributed by atoms with Gasteiger partial charge in [0.25, 0.3) is 0 Å². The second kappa shape index (κ2) is 4.42. The minimum atomic E-state index is -0.160. The maximum absolute atomic E-state index is 8.72. The van der Waals surface area contributed by atoms with Gasteiger partial charge in [-0.25, -0.2) is 4.98 Å². The molecule has 2 N–H and O–H groups in total. The first kappa shape index (κ1) is 10.8. The third kappa shape index (κ3) is 2.10. The van der Waals surface area contributed by atoms with Crippen molar-refractivity contribution >= 4 is 28.1 Å². The lowest BCUT2D eigenvalue weighted by atomic mass is 10.3. The number of hydrogen-bond acceptors (Lipinski definition) is 7. The molecule has 9 heteroatoms. The molecule has 7 nitrogen and oxygen atoms in total. The number of rotatable bonds is 3. The van der Waals surface area contributed by atoms with Crippen LogP contribution in [0.3, 0.4) is 0 Å². The van der Waals surface area contributed by atoms with E-state index in [-0.39, 0.29) is 11.2 Å². The molecule has 1 unspecified atom stereocenters. The van der Waals surface area contributed by atoms with Crippen LogP contribution in [0.1, 0.15) is 23.7 Å². The molecule has 2 aromatic rings. The van der Waals surface area contributed by atoms with Gasteiger partial charge in [-0.05, 0) is 6.92 Å². The number of nitrogens with one attached hydrogen (secondary N) is 2. The molecule has 0 aliphatic carbocycles. The molecule has 0 aliphatic rings. The lowest BCUT2D eigenvalue weighted by Crippen LogP contribution is -2.08. The van der Waals surface area contributed by atoms with E-state index in [9.17, 15) is 0 Å². The van der Waals surface area contributed by atoms with E-state index in [1.54, 1.807) is 0 Å². The zero-order chi connectivity index (χ0) is 11.5. The summed E-state index contributed by atoms with van der Waals surface area (Å²) in [5, 5.41) is 26.0. The van der Waals surface area contributed by atoms with Crippen LogP contribution < -0.4 is 5.32 Å². The highest BCUT2D eigenvalue weighted by atomic mass is 35.5. The second-order valence-corrected chi connectivity index (χ2v) is 4.24. The number of thiazole rings is 1. The molecule has 0 spiro atoms. The first-order valence-corrected chi connectivity index (χ1v) is 5.46. The van der Waals surface area contributed by atoms with Crippen LogP contribution in [0.15, 0.2) is 0 Å². The normalized spacial score (nSPS) is 12.1. The maximum atomic E-state index is 8.72. The molecular weight excluding hydrogens is 250 g/mol. The van der Waals surface area contributed by atoms with E-state index in [0.29, 0.717) is 15.8 Å². The summed E-state index contributed by atoms with van der Waals surface area (Å²) in [5.74, 6) is 0.518. The number of H-pyrrole nitrogens is 1. The van der Waals surface area contributed by atoms with Crippen molar-refractivity contribution in [1.29, 1.82) is 5.26 Å². The van der Waals surface area contributed by atoms with Crippen LogP contribution >= 0.6 is 22.9 Å². The molecule has 16 heavy (non-hydrogen) atoms. The van der Waals surface area contributed by atoms with Crippen molar-refractivity contribution < 1.29 is 0 Å². The lowest BCUT2D eigenvalue weighted by molar-refractivity contribution is 0.792. The molecule has 0 aliphatic heterocycles. The highest BCUT2D eigenvalue weighted by Gasteiger charge is 2.14. The van der Waals surface area contributed by atoms with Crippen LogP contribution in [0.4, 0.5) is 5.13 Å². The number of nitrogens with zero attached hydrogens (tertiary/aromatic N) is 5. The summed E-state index contributed by atoms with van der Waals surface area (Å²) < 4.78 is 0. The summed E-state index contributed by atoms with van der Waals surface area (Å²) in [5.41, 5.74) is 0. The van der Waals surface area contributed by atoms with Crippen LogP contribution in [0.5, 0.6) is 0 Å². The van der Waals surface area contributed by atoms with Crippen molar-refractivity contribution in [2.24, 2.45) is 0 Å². The summed E-state index contributed by atoms with van der Waals surface area (Å²) >= 11 is 6.92. The maximum Gasteiger partial charge on any atom is 0.196 e. The van der Waals surface area contributed by atoms with Crippen molar-refractivity contribution in [2.75, 3.05) is 5.32 Å². The number of hydrogen-bond donors (Lipinski definition) is 2. The number of anilines is 1. The quantitative estimate of drug-likeness (QED) is 0.858. The van der Waals surface area contributed by atoms with E-state index in [1.807, 2.05) is 13.0 Å². The average molecular weight is 256 g/mol. The number of aromatic nitrogens is 5. The SMILES string of the molecule is CC(Nc1nc(Cl)c(C#N)s1)c1nn[nH]n1. The van der Waals surface area contributed by atoms with Crippen LogP contribution in [0, 0.1) is 11.3 Å². The van der Waals surface area contributed by atoms with Gasteiger partial charge in [0.2, 0.25) is 0 Å². The fraction of sp³-hybridized carbons (Fsp3) is 0.286. The third-order valence-corrected chi connectivity index (χ3v) is 3.05. The van der Waals surface area contributed by atoms with E-state index < -0.39 is 0 Å². The Morgan fingerprint density at radius 1 is 1.62 bits per heavy atom. The fourth-order valence-corrected chi connectivity index (χ4v) is 2.07. The summed E-state index contributed by atoms with van der Waals surface area (Å²) in [7, 11) is 0. The molecule has 0 amide bonds. The van der Waals surface area contributed by atoms with Crippen molar-refractivity contribution in [3.05, 3.63) is 15.9 Å². The molecule has 2 rings (SSSR count). The van der Waals surface area contributed by atoms with Gasteiger partial charge < -0.3 is 5.32 Å². The third-order valence-electron chi connectivity index (χ3n) is 1.78. The van der Waals surface area contributed by atoms with Gasteiger partial charge in [-0.2, -0.15) is 10.5 Å². The van der Waals surface area contributed by atoms with Crippen molar-refractivity contribution in [3.63, 3.8) is 0 Å². The molecule has 82 valence electrons. The Bertz CT molecular complexity index is 513. The zero-order valence-electron chi connectivity index (χ0n) is 8.10. The molecule has 2 aromatic heterocycles. The van der Waals surface area contributed by atoms with Crippen molar-refractivity contribution in [1.82, 2.24) is 25.6 Å². The van der Waals surface area contributed by atoms with Crippen LogP contribution in [-0.4, -0.2) is 25.6 Å². The number of halogens is 1. The lowest BCUT2D eigenvalue weighted by Gasteiger charge is -2.06. The van der Waals surface area contributed by atoms with E-state index in [1.165, 1.54) is 11.3 Å². The van der Waals surface area contributed by atoms with Crippen LogP contribution in [0.2, 0.25) is 5.15 Å². The molecule has 1 atom stereocenters. The second-order valence-electron chi connectivity index (χ2n) is 2.89. The Labute approximate surface area is 99.5 Å². The predicted molar refractivity (Wildman–Crippen MR) is 58.1 cm³/mol. The Kier molecular flexibility index (Phi) is 2.98. The van der Waals surface area contributed by atoms with Crippen LogP contribution in [-0.2, 0) is 0 Å². The fourth-order valence-electron chi connectivity index (χ4n) is 1.03. The van der Waals surface area contributed by atoms with Gasteiger partial charge >= 0.3 is 0 Å². The van der Waals surface area contributed by atoms with Gasteiger partial charge in [-0.15, -0.1) is 10.2 Å². The molecule has 0 saturated heterocycles. The number of tetrazole rings is 1. The van der Waals surface area contributed by atoms with Crippen molar-refractivity contribution in [3.8, 4) is 6.07 Å². The summed E-state index contributed by atoms with van der Waals surface area (Å²) in [4.78, 5) is 4.37. The molecule has 0 aromatic carbocycles. The standard InChI is InChI=1S/C7H6ClN7S/c1-3(6-12-14-15-13-6)10-7-11-5(8)4(2-9)16-7/h3H,1H3,(H,10,11)(H,12,13,14,15). The number of nitriles is 1. The smallest absolute Gasteiger partial charge is 0.196 e. The first-order valence-electron chi connectivity index (χ1n) is 4.27. The summed E-state index contributed by atoms with van der Waals surface area (Å²) in [6.07, 6.45) is 0. The van der Waals surface area contributed by atoms with Gasteiger partial charge in [0.15, 0.2) is 16.1 Å². The first-order chi connectivity index (χ1) is 7.70. The van der Waals surface area contributed by atoms with E-state index in [2.05, 4.69) is 30.9 Å². The predicted octanol–water partition coefficient (Wildman–Crippen LogP) is 1.35. The molecular formula is C7H6ClN7S. The molecule has 0 fully saturated rings. The summed E-state index contributed by atoms with van der Waals surface area (Å²) in [6.45, 7) is 1.85. The summed E-state index contributed by atoms with van der Waals surface area (Å²) in [6, 6.07) is 1.80. The topological polar surface area (TPSA) is 103 Å². The Morgan fingerprint density at radius 2 is 2.44 bits per heavy atom. The monoisotopic (exact) mass is 255 g/mol. The average Bonchev–Trinajstić information content (AvgIpc) is 2.87. The van der Waals surface area contributed by atoms with Gasteiger partial charge in [0.05, 0.1) is 6.04 Å². The molecule has 0 saturated carbocycles. The van der Waals surface area contributed by atoms with E-state index in [0.717, 1.165) is 0 Å². The minimum absolute atomic E-state index is 0.160.